The zero-order valence-corrected chi connectivity index (χ0v) is 11.8. The Kier molecular flexibility index (Phi) is 5.38. The average molecular weight is 278 g/mol. The summed E-state index contributed by atoms with van der Waals surface area (Å²) >= 11 is 0. The molecule has 5 nitrogen and oxygen atoms in total. The molecule has 3 N–H and O–H groups in total. The highest BCUT2D eigenvalue weighted by molar-refractivity contribution is 5.80. The third-order valence-electron chi connectivity index (χ3n) is 3.29. The lowest BCUT2D eigenvalue weighted by Crippen LogP contribution is -2.46. The molecule has 1 amide bonds. The summed E-state index contributed by atoms with van der Waals surface area (Å²) in [4.78, 5) is 11.3. The molecule has 20 heavy (non-hydrogen) atoms. The van der Waals surface area contributed by atoms with Crippen molar-refractivity contribution >= 4 is 5.91 Å². The van der Waals surface area contributed by atoms with Crippen LogP contribution in [0.3, 0.4) is 0 Å². The molecule has 1 saturated carbocycles. The van der Waals surface area contributed by atoms with E-state index in [0.717, 1.165) is 25.0 Å². The molecular formula is C15H22N2O3. The number of nitrogens with two attached hydrogens (primary N) is 1. The van der Waals surface area contributed by atoms with Gasteiger partial charge in [0.25, 0.3) is 0 Å². The van der Waals surface area contributed by atoms with E-state index < -0.39 is 6.04 Å². The van der Waals surface area contributed by atoms with Gasteiger partial charge in [-0.05, 0) is 37.0 Å². The van der Waals surface area contributed by atoms with Gasteiger partial charge in [0.05, 0.1) is 6.61 Å². The highest BCUT2D eigenvalue weighted by atomic mass is 16.5. The van der Waals surface area contributed by atoms with Gasteiger partial charge in [0.15, 0.2) is 0 Å². The van der Waals surface area contributed by atoms with Gasteiger partial charge in [-0.1, -0.05) is 12.1 Å². The van der Waals surface area contributed by atoms with Crippen molar-refractivity contribution in [3.05, 3.63) is 29.8 Å². The van der Waals surface area contributed by atoms with Crippen LogP contribution in [-0.2, 0) is 16.0 Å². The number of primary amides is 1. The maximum absolute atomic E-state index is 11.3. The van der Waals surface area contributed by atoms with Crippen LogP contribution in [0.15, 0.2) is 24.3 Å². The van der Waals surface area contributed by atoms with Gasteiger partial charge in [0.2, 0.25) is 5.91 Å². The second kappa shape index (κ2) is 7.26. The molecule has 0 bridgehead atoms. The molecule has 5 heteroatoms. The lowest BCUT2D eigenvalue weighted by atomic mass is 10.1. The first-order chi connectivity index (χ1) is 9.69. The van der Waals surface area contributed by atoms with E-state index in [0.29, 0.717) is 12.6 Å². The maximum atomic E-state index is 11.3. The van der Waals surface area contributed by atoms with Crippen molar-refractivity contribution in [2.24, 2.45) is 5.73 Å². The summed E-state index contributed by atoms with van der Waals surface area (Å²) in [6.07, 6.45) is 3.10. The van der Waals surface area contributed by atoms with E-state index in [4.69, 9.17) is 15.2 Å². The van der Waals surface area contributed by atoms with E-state index in [1.54, 1.807) is 7.11 Å². The summed E-state index contributed by atoms with van der Waals surface area (Å²) in [5.41, 5.74) is 6.56. The highest BCUT2D eigenvalue weighted by Gasteiger charge is 2.27. The van der Waals surface area contributed by atoms with Gasteiger partial charge < -0.3 is 20.5 Å². The molecule has 0 saturated heterocycles. The first-order valence-electron chi connectivity index (χ1n) is 6.95. The molecule has 1 aromatic rings. The fourth-order valence-corrected chi connectivity index (χ4v) is 1.90. The molecular weight excluding hydrogens is 256 g/mol. The number of benzene rings is 1. The number of hydrogen-bond acceptors (Lipinski definition) is 4. The molecule has 0 aromatic heterocycles. The van der Waals surface area contributed by atoms with Crippen molar-refractivity contribution in [2.45, 2.75) is 31.3 Å². The van der Waals surface area contributed by atoms with E-state index >= 15 is 0 Å². The monoisotopic (exact) mass is 278 g/mol. The summed E-state index contributed by atoms with van der Waals surface area (Å²) < 4.78 is 10.7. The molecule has 110 valence electrons. The van der Waals surface area contributed by atoms with Gasteiger partial charge in [0.1, 0.15) is 18.4 Å². The lowest BCUT2D eigenvalue weighted by molar-refractivity contribution is -0.120. The minimum absolute atomic E-state index is 0.267. The van der Waals surface area contributed by atoms with E-state index in [-0.39, 0.29) is 12.5 Å². The van der Waals surface area contributed by atoms with Crippen LogP contribution in [-0.4, -0.2) is 38.3 Å². The van der Waals surface area contributed by atoms with Gasteiger partial charge in [-0.3, -0.25) is 4.79 Å². The second-order valence-electron chi connectivity index (χ2n) is 5.09. The van der Waals surface area contributed by atoms with E-state index in [1.165, 1.54) is 5.56 Å². The number of amides is 1. The van der Waals surface area contributed by atoms with Crippen LogP contribution in [0.2, 0.25) is 0 Å². The zero-order chi connectivity index (χ0) is 14.4. The van der Waals surface area contributed by atoms with Gasteiger partial charge in [-0.25, -0.2) is 0 Å². The Hall–Kier alpha value is -1.59. The molecule has 1 aliphatic carbocycles. The van der Waals surface area contributed by atoms with Crippen molar-refractivity contribution in [1.82, 2.24) is 5.32 Å². The number of hydrogen-bond donors (Lipinski definition) is 2. The summed E-state index contributed by atoms with van der Waals surface area (Å²) in [5, 5.41) is 3.18. The molecule has 2 rings (SSSR count). The van der Waals surface area contributed by atoms with Gasteiger partial charge in [-0.2, -0.15) is 0 Å². The fraction of sp³-hybridized carbons (Fsp3) is 0.533. The van der Waals surface area contributed by atoms with Crippen molar-refractivity contribution in [1.29, 1.82) is 0 Å². The Morgan fingerprint density at radius 2 is 2.10 bits per heavy atom. The van der Waals surface area contributed by atoms with Crippen molar-refractivity contribution in [3.8, 4) is 5.75 Å². The molecule has 1 aliphatic rings. The van der Waals surface area contributed by atoms with Gasteiger partial charge in [0, 0.05) is 13.2 Å². The van der Waals surface area contributed by atoms with Crippen LogP contribution in [0.1, 0.15) is 18.4 Å². The first-order valence-corrected chi connectivity index (χ1v) is 6.95. The van der Waals surface area contributed by atoms with Crippen LogP contribution in [0.4, 0.5) is 0 Å². The number of ether oxygens (including phenoxy) is 2. The predicted octanol–water partition coefficient (Wildman–Crippen LogP) is 0.860. The van der Waals surface area contributed by atoms with E-state index in [9.17, 15) is 4.79 Å². The summed E-state index contributed by atoms with van der Waals surface area (Å²) in [6, 6.07) is 7.81. The summed E-state index contributed by atoms with van der Waals surface area (Å²) in [6.45, 7) is 0.971. The zero-order valence-electron chi connectivity index (χ0n) is 11.8. The maximum Gasteiger partial charge on any atom is 0.238 e. The average Bonchev–Trinajstić information content (AvgIpc) is 3.26. The van der Waals surface area contributed by atoms with Crippen LogP contribution >= 0.6 is 0 Å². The molecule has 0 heterocycles. The predicted molar refractivity (Wildman–Crippen MR) is 76.7 cm³/mol. The van der Waals surface area contributed by atoms with Crippen molar-refractivity contribution < 1.29 is 14.3 Å². The Morgan fingerprint density at radius 1 is 1.40 bits per heavy atom. The molecule has 1 aromatic carbocycles. The van der Waals surface area contributed by atoms with Crippen LogP contribution in [0.5, 0.6) is 5.75 Å². The number of methoxy groups -OCH3 is 1. The Labute approximate surface area is 119 Å². The van der Waals surface area contributed by atoms with Gasteiger partial charge >= 0.3 is 0 Å². The summed E-state index contributed by atoms with van der Waals surface area (Å²) in [5.74, 6) is 0.378. The largest absolute Gasteiger partial charge is 0.491 e. The normalized spacial score (nSPS) is 15.8. The van der Waals surface area contributed by atoms with E-state index in [2.05, 4.69) is 5.32 Å². The minimum atomic E-state index is -0.421. The van der Waals surface area contributed by atoms with Crippen molar-refractivity contribution in [2.75, 3.05) is 20.3 Å². The number of nitrogens with one attached hydrogen (secondary N) is 1. The Morgan fingerprint density at radius 3 is 2.65 bits per heavy atom. The SMILES string of the molecule is COCCc1ccc(OCC(NC2CC2)C(N)=O)cc1. The minimum Gasteiger partial charge on any atom is -0.491 e. The number of rotatable bonds is 9. The highest BCUT2D eigenvalue weighted by Crippen LogP contribution is 2.19. The Bertz CT molecular complexity index is 429. The summed E-state index contributed by atoms with van der Waals surface area (Å²) in [7, 11) is 1.69. The Balaban J connectivity index is 1.80. The first kappa shape index (κ1) is 14.8. The lowest BCUT2D eigenvalue weighted by Gasteiger charge is -2.16. The molecule has 1 unspecified atom stereocenters. The second-order valence-corrected chi connectivity index (χ2v) is 5.09. The number of carbonyl (C=O) groups excluding carboxylic acids is 1. The van der Waals surface area contributed by atoms with Crippen LogP contribution < -0.4 is 15.8 Å². The molecule has 0 aliphatic heterocycles. The van der Waals surface area contributed by atoms with Crippen LogP contribution in [0.25, 0.3) is 0 Å². The van der Waals surface area contributed by atoms with E-state index in [1.807, 2.05) is 24.3 Å². The van der Waals surface area contributed by atoms with Crippen molar-refractivity contribution in [3.63, 3.8) is 0 Å². The third-order valence-corrected chi connectivity index (χ3v) is 3.29. The molecule has 1 fully saturated rings. The topological polar surface area (TPSA) is 73.6 Å². The molecule has 0 radical (unpaired) electrons. The third kappa shape index (κ3) is 4.83. The molecule has 1 atom stereocenters. The standard InChI is InChI=1S/C15H22N2O3/c1-19-9-8-11-2-6-13(7-3-11)20-10-14(15(16)18)17-12-4-5-12/h2-3,6-7,12,14,17H,4-5,8-10H2,1H3,(H2,16,18). The molecule has 0 spiro atoms. The quantitative estimate of drug-likeness (QED) is 0.702. The van der Waals surface area contributed by atoms with Crippen LogP contribution in [0, 0.1) is 0 Å². The number of carbonyl (C=O) groups is 1. The van der Waals surface area contributed by atoms with Gasteiger partial charge in [-0.15, -0.1) is 0 Å². The smallest absolute Gasteiger partial charge is 0.238 e. The fourth-order valence-electron chi connectivity index (χ4n) is 1.90.